The van der Waals surface area contributed by atoms with Crippen LogP contribution < -0.4 is 16.1 Å². The second-order valence-corrected chi connectivity index (χ2v) is 4.17. The Labute approximate surface area is 117 Å². The lowest BCUT2D eigenvalue weighted by Gasteiger charge is -2.18. The fourth-order valence-corrected chi connectivity index (χ4v) is 1.81. The summed E-state index contributed by atoms with van der Waals surface area (Å²) in [6, 6.07) is 5.89. The van der Waals surface area contributed by atoms with Gasteiger partial charge in [0.2, 0.25) is 0 Å². The van der Waals surface area contributed by atoms with E-state index >= 15 is 0 Å². The van der Waals surface area contributed by atoms with Gasteiger partial charge in [0.25, 0.3) is 11.5 Å². The summed E-state index contributed by atoms with van der Waals surface area (Å²) in [6.45, 7) is 0. The van der Waals surface area contributed by atoms with Crippen molar-refractivity contribution < 1.29 is 14.7 Å². The number of benzene rings is 1. The third-order valence-electron chi connectivity index (χ3n) is 2.85. The molecule has 0 fully saturated rings. The average molecular weight is 289 g/mol. The molecule has 1 heterocycles. The molecule has 2 aromatic rings. The molecule has 0 atom stereocenters. The number of aromatic nitrogens is 2. The summed E-state index contributed by atoms with van der Waals surface area (Å²) in [5, 5.41) is 9.10. The van der Waals surface area contributed by atoms with E-state index in [0.29, 0.717) is 0 Å². The SMILES string of the molecule is CN(C(=O)c1c[nH]c(=O)[nH]c1=O)c1ccccc1C(=O)O. The van der Waals surface area contributed by atoms with E-state index in [1.807, 2.05) is 4.98 Å². The van der Waals surface area contributed by atoms with Crippen molar-refractivity contribution in [1.29, 1.82) is 0 Å². The second-order valence-electron chi connectivity index (χ2n) is 4.17. The van der Waals surface area contributed by atoms with Crippen molar-refractivity contribution in [2.75, 3.05) is 11.9 Å². The van der Waals surface area contributed by atoms with E-state index in [0.717, 1.165) is 11.1 Å². The fraction of sp³-hybridized carbons (Fsp3) is 0.0769. The molecule has 8 heteroatoms. The molecule has 3 N–H and O–H groups in total. The standard InChI is InChI=1S/C13H11N3O5/c1-16(9-5-3-2-4-7(9)12(19)20)11(18)8-6-14-13(21)15-10(8)17/h2-6H,1H3,(H,19,20)(H2,14,15,17,21). The Morgan fingerprint density at radius 2 is 1.81 bits per heavy atom. The molecular weight excluding hydrogens is 278 g/mol. The van der Waals surface area contributed by atoms with Crippen molar-refractivity contribution in [1.82, 2.24) is 9.97 Å². The van der Waals surface area contributed by atoms with Crippen LogP contribution in [-0.4, -0.2) is 34.0 Å². The van der Waals surface area contributed by atoms with Gasteiger partial charge in [-0.25, -0.2) is 9.59 Å². The van der Waals surface area contributed by atoms with Gasteiger partial charge in [-0.3, -0.25) is 14.6 Å². The first kappa shape index (κ1) is 14.3. The first-order valence-electron chi connectivity index (χ1n) is 5.84. The molecule has 1 amide bonds. The lowest BCUT2D eigenvalue weighted by molar-refractivity contribution is 0.0697. The number of nitrogens with zero attached hydrogens (tertiary/aromatic N) is 1. The number of nitrogens with one attached hydrogen (secondary N) is 2. The smallest absolute Gasteiger partial charge is 0.337 e. The monoisotopic (exact) mass is 289 g/mol. The molecule has 0 bridgehead atoms. The van der Waals surface area contributed by atoms with Gasteiger partial charge in [-0.05, 0) is 12.1 Å². The van der Waals surface area contributed by atoms with E-state index in [1.54, 1.807) is 6.07 Å². The van der Waals surface area contributed by atoms with Crippen LogP contribution in [0.25, 0.3) is 0 Å². The normalized spacial score (nSPS) is 10.1. The summed E-state index contributed by atoms with van der Waals surface area (Å²) in [5.41, 5.74) is -1.80. The van der Waals surface area contributed by atoms with E-state index in [1.165, 1.54) is 25.2 Å². The number of hydrogen-bond donors (Lipinski definition) is 3. The Balaban J connectivity index is 2.47. The third kappa shape index (κ3) is 2.73. The van der Waals surface area contributed by atoms with Gasteiger partial charge in [-0.1, -0.05) is 12.1 Å². The lowest BCUT2D eigenvalue weighted by Crippen LogP contribution is -2.35. The highest BCUT2D eigenvalue weighted by Gasteiger charge is 2.21. The lowest BCUT2D eigenvalue weighted by atomic mass is 10.1. The van der Waals surface area contributed by atoms with Gasteiger partial charge in [-0.15, -0.1) is 0 Å². The molecule has 0 aliphatic rings. The number of carbonyl (C=O) groups excluding carboxylic acids is 1. The van der Waals surface area contributed by atoms with Crippen molar-refractivity contribution in [2.24, 2.45) is 0 Å². The Morgan fingerprint density at radius 1 is 1.14 bits per heavy atom. The Bertz CT molecular complexity index is 821. The van der Waals surface area contributed by atoms with E-state index in [4.69, 9.17) is 5.11 Å². The minimum absolute atomic E-state index is 0.0748. The predicted molar refractivity (Wildman–Crippen MR) is 73.8 cm³/mol. The van der Waals surface area contributed by atoms with E-state index in [9.17, 15) is 19.2 Å². The first-order chi connectivity index (χ1) is 9.91. The Kier molecular flexibility index (Phi) is 3.70. The topological polar surface area (TPSA) is 123 Å². The number of carboxylic acids is 1. The fourth-order valence-electron chi connectivity index (χ4n) is 1.81. The van der Waals surface area contributed by atoms with Crippen LogP contribution in [0, 0.1) is 0 Å². The minimum atomic E-state index is -1.19. The van der Waals surface area contributed by atoms with E-state index in [-0.39, 0.29) is 16.8 Å². The maximum Gasteiger partial charge on any atom is 0.337 e. The number of rotatable bonds is 3. The summed E-state index contributed by atoms with van der Waals surface area (Å²) in [4.78, 5) is 51.1. The molecule has 0 saturated carbocycles. The quantitative estimate of drug-likeness (QED) is 0.736. The van der Waals surface area contributed by atoms with Crippen LogP contribution in [0.2, 0.25) is 0 Å². The van der Waals surface area contributed by atoms with Crippen molar-refractivity contribution in [3.8, 4) is 0 Å². The Morgan fingerprint density at radius 3 is 2.43 bits per heavy atom. The molecule has 1 aromatic carbocycles. The number of aromatic amines is 2. The predicted octanol–water partition coefficient (Wildman–Crippen LogP) is 0.0380. The van der Waals surface area contributed by atoms with Crippen LogP contribution in [-0.2, 0) is 0 Å². The zero-order chi connectivity index (χ0) is 15.6. The molecule has 8 nitrogen and oxygen atoms in total. The largest absolute Gasteiger partial charge is 0.478 e. The van der Waals surface area contributed by atoms with Crippen LogP contribution in [0.4, 0.5) is 5.69 Å². The van der Waals surface area contributed by atoms with Gasteiger partial charge in [-0.2, -0.15) is 0 Å². The molecule has 0 unspecified atom stereocenters. The van der Waals surface area contributed by atoms with Gasteiger partial charge >= 0.3 is 11.7 Å². The summed E-state index contributed by atoms with van der Waals surface area (Å²) in [5.74, 6) is -1.93. The zero-order valence-corrected chi connectivity index (χ0v) is 10.9. The molecule has 0 radical (unpaired) electrons. The molecule has 2 rings (SSSR count). The average Bonchev–Trinajstić information content (AvgIpc) is 2.45. The van der Waals surface area contributed by atoms with Crippen LogP contribution in [0.3, 0.4) is 0 Å². The van der Waals surface area contributed by atoms with Crippen molar-refractivity contribution in [3.05, 3.63) is 62.4 Å². The van der Waals surface area contributed by atoms with Crippen LogP contribution in [0.5, 0.6) is 0 Å². The number of anilines is 1. The molecule has 0 aliphatic carbocycles. The summed E-state index contributed by atoms with van der Waals surface area (Å²) in [7, 11) is 1.34. The third-order valence-corrected chi connectivity index (χ3v) is 2.85. The summed E-state index contributed by atoms with van der Waals surface area (Å²) in [6.07, 6.45) is 0.989. The number of carboxylic acid groups (broad SMARTS) is 1. The van der Waals surface area contributed by atoms with Crippen molar-refractivity contribution in [3.63, 3.8) is 0 Å². The number of hydrogen-bond acceptors (Lipinski definition) is 4. The molecular formula is C13H11N3O5. The second kappa shape index (κ2) is 5.45. The number of H-pyrrole nitrogens is 2. The molecule has 108 valence electrons. The number of amides is 1. The molecule has 21 heavy (non-hydrogen) atoms. The van der Waals surface area contributed by atoms with Gasteiger partial charge in [0.05, 0.1) is 11.3 Å². The van der Waals surface area contributed by atoms with Crippen molar-refractivity contribution in [2.45, 2.75) is 0 Å². The van der Waals surface area contributed by atoms with Gasteiger partial charge in [0, 0.05) is 13.2 Å². The van der Waals surface area contributed by atoms with Gasteiger partial charge < -0.3 is 15.0 Å². The van der Waals surface area contributed by atoms with Crippen LogP contribution in [0.15, 0.2) is 40.1 Å². The molecule has 1 aromatic heterocycles. The summed E-state index contributed by atoms with van der Waals surface area (Å²) >= 11 is 0. The maximum absolute atomic E-state index is 12.2. The summed E-state index contributed by atoms with van der Waals surface area (Å²) < 4.78 is 0. The first-order valence-corrected chi connectivity index (χ1v) is 5.84. The highest BCUT2D eigenvalue weighted by atomic mass is 16.4. The highest BCUT2D eigenvalue weighted by molar-refractivity contribution is 6.08. The van der Waals surface area contributed by atoms with E-state index < -0.39 is 23.1 Å². The number of aromatic carboxylic acids is 1. The van der Waals surface area contributed by atoms with Gasteiger partial charge in [0.1, 0.15) is 5.56 Å². The molecule has 0 saturated heterocycles. The molecule has 0 spiro atoms. The van der Waals surface area contributed by atoms with Crippen LogP contribution >= 0.6 is 0 Å². The molecule has 0 aliphatic heterocycles. The van der Waals surface area contributed by atoms with Crippen molar-refractivity contribution >= 4 is 17.6 Å². The van der Waals surface area contributed by atoms with Gasteiger partial charge in [0.15, 0.2) is 0 Å². The van der Waals surface area contributed by atoms with E-state index in [2.05, 4.69) is 4.98 Å². The Hall–Kier alpha value is -3.16. The minimum Gasteiger partial charge on any atom is -0.478 e. The number of para-hydroxylation sites is 1. The number of carbonyl (C=O) groups is 2. The maximum atomic E-state index is 12.2. The zero-order valence-electron chi connectivity index (χ0n) is 10.9. The highest BCUT2D eigenvalue weighted by Crippen LogP contribution is 2.20. The van der Waals surface area contributed by atoms with Crippen LogP contribution in [0.1, 0.15) is 20.7 Å².